The normalized spacial score (nSPS) is 17.4. The van der Waals surface area contributed by atoms with Crippen LogP contribution < -0.4 is 15.5 Å². The van der Waals surface area contributed by atoms with Gasteiger partial charge < -0.3 is 15.5 Å². The molecular formula is C18H25N9. The molecule has 0 amide bonds. The zero-order valence-corrected chi connectivity index (χ0v) is 16.0. The van der Waals surface area contributed by atoms with Crippen LogP contribution in [0.2, 0.25) is 0 Å². The second kappa shape index (κ2) is 7.43. The number of nitrogens with zero attached hydrogens (tertiary/aromatic N) is 7. The molecule has 1 atom stereocenters. The number of nitrogens with one attached hydrogen (secondary N) is 2. The summed E-state index contributed by atoms with van der Waals surface area (Å²) in [4.78, 5) is 20.2. The van der Waals surface area contributed by atoms with Crippen LogP contribution in [0, 0.1) is 0 Å². The van der Waals surface area contributed by atoms with Gasteiger partial charge in [-0.25, -0.2) is 15.0 Å². The van der Waals surface area contributed by atoms with Crippen molar-refractivity contribution >= 4 is 28.6 Å². The summed E-state index contributed by atoms with van der Waals surface area (Å²) in [5, 5.41) is 11.5. The highest BCUT2D eigenvalue weighted by Crippen LogP contribution is 2.28. The Bertz CT molecular complexity index is 921. The molecule has 27 heavy (non-hydrogen) atoms. The maximum absolute atomic E-state index is 4.91. The van der Waals surface area contributed by atoms with Gasteiger partial charge in [-0.3, -0.25) is 4.68 Å². The van der Waals surface area contributed by atoms with E-state index in [1.54, 1.807) is 6.20 Å². The molecule has 0 radical (unpaired) electrons. The summed E-state index contributed by atoms with van der Waals surface area (Å²) in [6.07, 6.45) is 5.13. The molecule has 1 fully saturated rings. The second-order valence-corrected chi connectivity index (χ2v) is 6.91. The monoisotopic (exact) mass is 367 g/mol. The number of piperazine rings is 1. The van der Waals surface area contributed by atoms with Crippen molar-refractivity contribution in [3.63, 3.8) is 0 Å². The van der Waals surface area contributed by atoms with Gasteiger partial charge in [-0.2, -0.15) is 10.1 Å². The van der Waals surface area contributed by atoms with Crippen LogP contribution in [-0.4, -0.2) is 55.4 Å². The predicted molar refractivity (Wildman–Crippen MR) is 105 cm³/mol. The average molecular weight is 367 g/mol. The molecule has 4 rings (SSSR count). The van der Waals surface area contributed by atoms with E-state index >= 15 is 0 Å². The minimum Gasteiger partial charge on any atom is -0.338 e. The molecule has 1 aliphatic rings. The zero-order chi connectivity index (χ0) is 18.8. The zero-order valence-electron chi connectivity index (χ0n) is 16.0. The van der Waals surface area contributed by atoms with Crippen molar-refractivity contribution in [2.45, 2.75) is 32.7 Å². The number of hydrogen-bond donors (Lipinski definition) is 2. The van der Waals surface area contributed by atoms with E-state index in [4.69, 9.17) is 15.1 Å². The summed E-state index contributed by atoms with van der Waals surface area (Å²) in [6, 6.07) is 2.23. The van der Waals surface area contributed by atoms with Crippen molar-refractivity contribution in [2.24, 2.45) is 7.05 Å². The minimum atomic E-state index is 0.403. The average Bonchev–Trinajstić information content (AvgIpc) is 2.99. The summed E-state index contributed by atoms with van der Waals surface area (Å²) in [6.45, 7) is 7.01. The number of rotatable bonds is 5. The fourth-order valence-corrected chi connectivity index (χ4v) is 3.46. The molecule has 9 nitrogen and oxygen atoms in total. The summed E-state index contributed by atoms with van der Waals surface area (Å²) in [7, 11) is 1.93. The van der Waals surface area contributed by atoms with Crippen LogP contribution in [0.5, 0.6) is 0 Å². The number of anilines is 3. The first kappa shape index (κ1) is 17.6. The summed E-state index contributed by atoms with van der Waals surface area (Å²) in [5.74, 6) is 2.15. The van der Waals surface area contributed by atoms with Crippen LogP contribution in [0.25, 0.3) is 11.0 Å². The Kier molecular flexibility index (Phi) is 4.85. The number of aromatic nitrogens is 6. The third-order valence-electron chi connectivity index (χ3n) is 4.71. The molecule has 4 heterocycles. The third kappa shape index (κ3) is 3.55. The molecule has 1 aliphatic heterocycles. The first-order chi connectivity index (χ1) is 13.2. The Morgan fingerprint density at radius 2 is 2.22 bits per heavy atom. The topological polar surface area (TPSA) is 96.7 Å². The van der Waals surface area contributed by atoms with Gasteiger partial charge in [-0.05, 0) is 19.4 Å². The van der Waals surface area contributed by atoms with Crippen molar-refractivity contribution < 1.29 is 0 Å². The van der Waals surface area contributed by atoms with E-state index < -0.39 is 0 Å². The van der Waals surface area contributed by atoms with Crippen LogP contribution in [0.4, 0.5) is 17.6 Å². The van der Waals surface area contributed by atoms with E-state index in [9.17, 15) is 0 Å². The molecule has 9 heteroatoms. The molecular weight excluding hydrogens is 342 g/mol. The molecule has 0 unspecified atom stereocenters. The van der Waals surface area contributed by atoms with Crippen LogP contribution in [-0.2, 0) is 13.5 Å². The number of hydrogen-bond acceptors (Lipinski definition) is 8. The maximum atomic E-state index is 4.91. The smallest absolute Gasteiger partial charge is 0.228 e. The van der Waals surface area contributed by atoms with Crippen molar-refractivity contribution in [3.05, 3.63) is 24.3 Å². The van der Waals surface area contributed by atoms with Gasteiger partial charge in [0.05, 0.1) is 5.69 Å². The van der Waals surface area contributed by atoms with E-state index in [-0.39, 0.29) is 0 Å². The molecule has 3 aromatic rings. The van der Waals surface area contributed by atoms with E-state index in [0.29, 0.717) is 11.9 Å². The summed E-state index contributed by atoms with van der Waals surface area (Å²) >= 11 is 0. The molecule has 0 spiro atoms. The van der Waals surface area contributed by atoms with Gasteiger partial charge in [0.15, 0.2) is 5.82 Å². The third-order valence-corrected chi connectivity index (χ3v) is 4.71. The predicted octanol–water partition coefficient (Wildman–Crippen LogP) is 1.65. The molecule has 0 bridgehead atoms. The highest BCUT2D eigenvalue weighted by molar-refractivity contribution is 5.90. The van der Waals surface area contributed by atoms with E-state index in [1.165, 1.54) is 6.33 Å². The van der Waals surface area contributed by atoms with Crippen LogP contribution in [0.1, 0.15) is 26.0 Å². The Labute approximate surface area is 158 Å². The van der Waals surface area contributed by atoms with Crippen LogP contribution in [0.15, 0.2) is 18.6 Å². The van der Waals surface area contributed by atoms with Crippen LogP contribution >= 0.6 is 0 Å². The number of fused-ring (bicyclic) bond motifs is 1. The molecule has 3 aromatic heterocycles. The molecule has 142 valence electrons. The second-order valence-electron chi connectivity index (χ2n) is 6.91. The first-order valence-electron chi connectivity index (χ1n) is 9.40. The van der Waals surface area contributed by atoms with E-state index in [2.05, 4.69) is 39.3 Å². The largest absolute Gasteiger partial charge is 0.338 e. The van der Waals surface area contributed by atoms with Gasteiger partial charge in [0, 0.05) is 38.9 Å². The fraction of sp³-hybridized carbons (Fsp3) is 0.500. The Morgan fingerprint density at radius 3 is 2.96 bits per heavy atom. The van der Waals surface area contributed by atoms with Gasteiger partial charge in [0.2, 0.25) is 5.95 Å². The molecule has 0 saturated carbocycles. The minimum absolute atomic E-state index is 0.403. The van der Waals surface area contributed by atoms with Crippen molar-refractivity contribution in [1.82, 2.24) is 35.0 Å². The number of aryl methyl sites for hydroxylation is 2. The van der Waals surface area contributed by atoms with Gasteiger partial charge in [-0.15, -0.1) is 0 Å². The quantitative estimate of drug-likeness (QED) is 0.703. The van der Waals surface area contributed by atoms with Crippen molar-refractivity contribution in [2.75, 3.05) is 29.9 Å². The van der Waals surface area contributed by atoms with E-state index in [1.807, 2.05) is 17.8 Å². The molecule has 0 aliphatic carbocycles. The Balaban J connectivity index is 1.82. The lowest BCUT2D eigenvalue weighted by Gasteiger charge is -2.32. The summed E-state index contributed by atoms with van der Waals surface area (Å²) in [5.41, 5.74) is 2.81. The lowest BCUT2D eigenvalue weighted by molar-refractivity contribution is 0.480. The maximum Gasteiger partial charge on any atom is 0.228 e. The van der Waals surface area contributed by atoms with Gasteiger partial charge in [0.1, 0.15) is 23.2 Å². The molecule has 1 saturated heterocycles. The molecule has 2 N–H and O–H groups in total. The van der Waals surface area contributed by atoms with Gasteiger partial charge >= 0.3 is 0 Å². The lowest BCUT2D eigenvalue weighted by Crippen LogP contribution is -2.49. The Hall–Kier alpha value is -2.81. The van der Waals surface area contributed by atoms with Gasteiger partial charge in [0.25, 0.3) is 0 Å². The lowest BCUT2D eigenvalue weighted by atomic mass is 10.2. The first-order valence-corrected chi connectivity index (χ1v) is 9.40. The highest BCUT2D eigenvalue weighted by atomic mass is 15.3. The van der Waals surface area contributed by atoms with Crippen molar-refractivity contribution in [1.29, 1.82) is 0 Å². The summed E-state index contributed by atoms with van der Waals surface area (Å²) < 4.78 is 1.86. The molecule has 0 aromatic carbocycles. The van der Waals surface area contributed by atoms with Gasteiger partial charge in [-0.1, -0.05) is 13.3 Å². The van der Waals surface area contributed by atoms with E-state index in [0.717, 1.165) is 61.0 Å². The SMILES string of the molecule is CCCc1nn(C)c2c(Nc3ccncn3)nc(N3CCN[C@@H](C)C3)nc12. The standard InChI is InChI=1S/C18H25N9/c1-4-5-13-15-16(26(3)25-13)17(22-14-6-7-19-11-21-14)24-18(23-15)27-9-8-20-12(2)10-27/h6-7,11-12,20H,4-5,8-10H2,1-3H3,(H,19,21,22,23,24)/t12-/m0/s1. The van der Waals surface area contributed by atoms with Crippen LogP contribution in [0.3, 0.4) is 0 Å². The Morgan fingerprint density at radius 1 is 1.33 bits per heavy atom. The van der Waals surface area contributed by atoms with Crippen molar-refractivity contribution in [3.8, 4) is 0 Å². The highest BCUT2D eigenvalue weighted by Gasteiger charge is 2.23. The fourth-order valence-electron chi connectivity index (χ4n) is 3.46.